The molecule has 1 fully saturated rings. The van der Waals surface area contributed by atoms with Crippen LogP contribution in [0.25, 0.3) is 0 Å². The molecule has 1 aliphatic heterocycles. The lowest BCUT2D eigenvalue weighted by molar-refractivity contribution is -0.127. The van der Waals surface area contributed by atoms with E-state index in [1.807, 2.05) is 0 Å². The van der Waals surface area contributed by atoms with Crippen molar-refractivity contribution in [2.24, 2.45) is 0 Å². The van der Waals surface area contributed by atoms with E-state index in [9.17, 15) is 27.2 Å². The molecule has 0 bridgehead atoms. The topological polar surface area (TPSA) is 49.4 Å². The van der Waals surface area contributed by atoms with Crippen molar-refractivity contribution in [3.63, 3.8) is 0 Å². The minimum Gasteiger partial charge on any atom is -0.353 e. The lowest BCUT2D eigenvalue weighted by Crippen LogP contribution is -2.56. The molecule has 1 N–H and O–H groups in total. The second-order valence-corrected chi connectivity index (χ2v) is 4.31. The fourth-order valence-electron chi connectivity index (χ4n) is 1.94. The predicted molar refractivity (Wildman–Crippen MR) is 59.8 cm³/mol. The van der Waals surface area contributed by atoms with E-state index in [2.05, 4.69) is 5.32 Å². The van der Waals surface area contributed by atoms with Gasteiger partial charge in [0.15, 0.2) is 23.3 Å². The predicted octanol–water partition coefficient (Wildman–Crippen LogP) is 1.20. The molecule has 0 saturated carbocycles. The Morgan fingerprint density at radius 3 is 2.55 bits per heavy atom. The van der Waals surface area contributed by atoms with Crippen LogP contribution in [-0.4, -0.2) is 35.8 Å². The minimum absolute atomic E-state index is 0.0613. The molecule has 1 unspecified atom stereocenters. The van der Waals surface area contributed by atoms with E-state index in [0.717, 1.165) is 4.90 Å². The third-order valence-corrected chi connectivity index (χ3v) is 3.09. The molecule has 1 atom stereocenters. The molecule has 1 aromatic carbocycles. The van der Waals surface area contributed by atoms with Gasteiger partial charge >= 0.3 is 0 Å². The highest BCUT2D eigenvalue weighted by molar-refractivity contribution is 5.98. The van der Waals surface area contributed by atoms with E-state index in [1.165, 1.54) is 6.92 Å². The summed E-state index contributed by atoms with van der Waals surface area (Å²) in [6, 6.07) is -0.623. The van der Waals surface area contributed by atoms with Crippen molar-refractivity contribution >= 4 is 11.8 Å². The summed E-state index contributed by atoms with van der Waals surface area (Å²) in [5.74, 6) is -9.00. The molecule has 0 radical (unpaired) electrons. The molecule has 20 heavy (non-hydrogen) atoms. The van der Waals surface area contributed by atoms with Gasteiger partial charge in [0.1, 0.15) is 6.04 Å². The minimum atomic E-state index is -2.05. The smallest absolute Gasteiger partial charge is 0.257 e. The van der Waals surface area contributed by atoms with Crippen LogP contribution in [0.15, 0.2) is 6.07 Å². The second-order valence-electron chi connectivity index (χ2n) is 4.31. The van der Waals surface area contributed by atoms with Crippen molar-refractivity contribution in [3.8, 4) is 0 Å². The summed E-state index contributed by atoms with van der Waals surface area (Å²) >= 11 is 0. The van der Waals surface area contributed by atoms with Gasteiger partial charge in [0, 0.05) is 13.1 Å². The van der Waals surface area contributed by atoms with Crippen LogP contribution < -0.4 is 5.32 Å². The summed E-state index contributed by atoms with van der Waals surface area (Å²) in [4.78, 5) is 24.4. The number of piperazine rings is 1. The van der Waals surface area contributed by atoms with E-state index >= 15 is 0 Å². The van der Waals surface area contributed by atoms with Crippen molar-refractivity contribution in [2.45, 2.75) is 13.0 Å². The fraction of sp³-hybridized carbons (Fsp3) is 0.333. The molecule has 108 valence electrons. The van der Waals surface area contributed by atoms with Crippen molar-refractivity contribution in [3.05, 3.63) is 34.9 Å². The van der Waals surface area contributed by atoms with Crippen molar-refractivity contribution in [1.29, 1.82) is 0 Å². The number of nitrogens with one attached hydrogen (secondary N) is 1. The first-order valence-corrected chi connectivity index (χ1v) is 5.76. The third-order valence-electron chi connectivity index (χ3n) is 3.09. The number of halogens is 4. The number of hydrogen-bond acceptors (Lipinski definition) is 2. The van der Waals surface area contributed by atoms with E-state index in [4.69, 9.17) is 0 Å². The van der Waals surface area contributed by atoms with Crippen LogP contribution in [0.2, 0.25) is 0 Å². The summed E-state index contributed by atoms with van der Waals surface area (Å²) in [5, 5.41) is 2.48. The van der Waals surface area contributed by atoms with Gasteiger partial charge in [-0.1, -0.05) is 0 Å². The number of amides is 2. The van der Waals surface area contributed by atoms with Gasteiger partial charge in [0.2, 0.25) is 5.91 Å². The Labute approximate surface area is 111 Å². The van der Waals surface area contributed by atoms with Gasteiger partial charge in [-0.15, -0.1) is 0 Å². The van der Waals surface area contributed by atoms with Crippen LogP contribution in [-0.2, 0) is 4.79 Å². The average molecular weight is 290 g/mol. The molecule has 0 spiro atoms. The lowest BCUT2D eigenvalue weighted by atomic mass is 10.1. The van der Waals surface area contributed by atoms with Gasteiger partial charge in [-0.05, 0) is 13.0 Å². The van der Waals surface area contributed by atoms with E-state index in [1.54, 1.807) is 0 Å². The van der Waals surface area contributed by atoms with Crippen LogP contribution in [0.3, 0.4) is 0 Å². The second kappa shape index (κ2) is 5.10. The van der Waals surface area contributed by atoms with Crippen LogP contribution in [0, 0.1) is 23.3 Å². The SMILES string of the molecule is CC1C(=O)NCCN1C(=O)c1cc(F)c(F)c(F)c1F. The molecular weight excluding hydrogens is 280 g/mol. The molecule has 2 amide bonds. The summed E-state index contributed by atoms with van der Waals surface area (Å²) in [7, 11) is 0. The van der Waals surface area contributed by atoms with E-state index < -0.39 is 46.7 Å². The summed E-state index contributed by atoms with van der Waals surface area (Å²) in [6.07, 6.45) is 0. The first kappa shape index (κ1) is 14.3. The third kappa shape index (κ3) is 2.21. The molecule has 1 saturated heterocycles. The maximum atomic E-state index is 13.5. The Morgan fingerprint density at radius 2 is 1.90 bits per heavy atom. The van der Waals surface area contributed by atoms with Crippen molar-refractivity contribution < 1.29 is 27.2 Å². The summed E-state index contributed by atoms with van der Waals surface area (Å²) < 4.78 is 52.6. The standard InChI is InChI=1S/C12H10F4N2O2/c1-5-11(19)17-2-3-18(5)12(20)6-4-7(13)9(15)10(16)8(6)14/h4-5H,2-3H2,1H3,(H,17,19). The maximum Gasteiger partial charge on any atom is 0.257 e. The van der Waals surface area contributed by atoms with Gasteiger partial charge in [-0.2, -0.15) is 0 Å². The highest BCUT2D eigenvalue weighted by Crippen LogP contribution is 2.21. The van der Waals surface area contributed by atoms with Gasteiger partial charge in [-0.3, -0.25) is 9.59 Å². The first-order chi connectivity index (χ1) is 9.34. The van der Waals surface area contributed by atoms with Crippen LogP contribution >= 0.6 is 0 Å². The highest BCUT2D eigenvalue weighted by Gasteiger charge is 2.33. The highest BCUT2D eigenvalue weighted by atomic mass is 19.2. The zero-order chi connectivity index (χ0) is 15.0. The van der Waals surface area contributed by atoms with Gasteiger partial charge < -0.3 is 10.2 Å². The van der Waals surface area contributed by atoms with E-state index in [0.29, 0.717) is 0 Å². The number of hydrogen-bond donors (Lipinski definition) is 1. The normalized spacial score (nSPS) is 18.9. The largest absolute Gasteiger partial charge is 0.353 e. The van der Waals surface area contributed by atoms with Gasteiger partial charge in [0.25, 0.3) is 5.91 Å². The Bertz CT molecular complexity index is 591. The van der Waals surface area contributed by atoms with Crippen molar-refractivity contribution in [2.75, 3.05) is 13.1 Å². The molecule has 1 aromatic rings. The van der Waals surface area contributed by atoms with E-state index in [-0.39, 0.29) is 19.2 Å². The molecule has 2 rings (SSSR count). The van der Waals surface area contributed by atoms with Crippen LogP contribution in [0.1, 0.15) is 17.3 Å². The van der Waals surface area contributed by atoms with Crippen molar-refractivity contribution in [1.82, 2.24) is 10.2 Å². The molecule has 1 heterocycles. The number of nitrogens with zero attached hydrogens (tertiary/aromatic N) is 1. The molecule has 8 heteroatoms. The Kier molecular flexibility index (Phi) is 3.65. The summed E-state index contributed by atoms with van der Waals surface area (Å²) in [6.45, 7) is 1.59. The zero-order valence-electron chi connectivity index (χ0n) is 10.3. The number of carbonyl (C=O) groups is 2. The molecule has 4 nitrogen and oxygen atoms in total. The quantitative estimate of drug-likeness (QED) is 0.480. The Hall–Kier alpha value is -2.12. The van der Waals surface area contributed by atoms with Gasteiger partial charge in [0.05, 0.1) is 5.56 Å². The lowest BCUT2D eigenvalue weighted by Gasteiger charge is -2.32. The average Bonchev–Trinajstić information content (AvgIpc) is 2.43. The van der Waals surface area contributed by atoms with Gasteiger partial charge in [-0.25, -0.2) is 17.6 Å². The number of rotatable bonds is 1. The monoisotopic (exact) mass is 290 g/mol. The first-order valence-electron chi connectivity index (χ1n) is 5.76. The molecule has 0 aromatic heterocycles. The fourth-order valence-corrected chi connectivity index (χ4v) is 1.94. The van der Waals surface area contributed by atoms with Crippen LogP contribution in [0.5, 0.6) is 0 Å². The number of carbonyl (C=O) groups excluding carboxylic acids is 2. The Morgan fingerprint density at radius 1 is 1.25 bits per heavy atom. The molecular formula is C12H10F4N2O2. The van der Waals surface area contributed by atoms with Crippen LogP contribution in [0.4, 0.5) is 17.6 Å². The maximum absolute atomic E-state index is 13.5. The molecule has 0 aliphatic carbocycles. The summed E-state index contributed by atoms with van der Waals surface area (Å²) in [5.41, 5.74) is -0.942. The number of benzene rings is 1. The Balaban J connectivity index is 2.41. The zero-order valence-corrected chi connectivity index (χ0v) is 10.3. The molecule has 1 aliphatic rings.